The van der Waals surface area contributed by atoms with Crippen molar-refractivity contribution in [1.29, 1.82) is 0 Å². The molecule has 0 aliphatic carbocycles. The molecule has 0 fully saturated rings. The van der Waals surface area contributed by atoms with Crippen LogP contribution in [-0.2, 0) is 0 Å². The fourth-order valence-corrected chi connectivity index (χ4v) is 2.27. The van der Waals surface area contributed by atoms with Gasteiger partial charge in [-0.25, -0.2) is 0 Å². The third kappa shape index (κ3) is 6.42. The Balaban J connectivity index is 2.55. The van der Waals surface area contributed by atoms with Crippen molar-refractivity contribution in [3.63, 3.8) is 0 Å². The summed E-state index contributed by atoms with van der Waals surface area (Å²) in [6.45, 7) is 2.12. The fraction of sp³-hybridized carbons (Fsp3) is 0.375. The van der Waals surface area contributed by atoms with Gasteiger partial charge in [0.2, 0.25) is 0 Å². The second kappa shape index (κ2) is 8.58. The van der Waals surface area contributed by atoms with Crippen molar-refractivity contribution in [1.82, 2.24) is 0 Å². The van der Waals surface area contributed by atoms with E-state index in [9.17, 15) is 5.11 Å². The Hall–Kier alpha value is -0.560. The summed E-state index contributed by atoms with van der Waals surface area (Å²) in [6, 6.07) is 9.96. The number of hydrogen-bond acceptors (Lipinski definition) is 1. The summed E-state index contributed by atoms with van der Waals surface area (Å²) in [5.74, 6) is 5.70. The third-order valence-corrected chi connectivity index (χ3v) is 4.30. The van der Waals surface area contributed by atoms with Gasteiger partial charge in [-0.1, -0.05) is 93.8 Å². The first-order valence-corrected chi connectivity index (χ1v) is 7.93. The molecule has 0 amide bonds. The molecule has 1 rings (SSSR count). The van der Waals surface area contributed by atoms with E-state index in [1.54, 1.807) is 6.08 Å². The predicted octanol–water partition coefficient (Wildman–Crippen LogP) is 4.74. The highest BCUT2D eigenvalue weighted by Crippen LogP contribution is 2.35. The molecule has 0 aliphatic rings. The molecule has 1 nitrogen and oxygen atoms in total. The van der Waals surface area contributed by atoms with Crippen LogP contribution < -0.4 is 0 Å². The van der Waals surface area contributed by atoms with E-state index < -0.39 is 9.34 Å². The van der Waals surface area contributed by atoms with Crippen LogP contribution in [0.1, 0.15) is 31.7 Å². The van der Waals surface area contributed by atoms with Crippen LogP contribution in [0.15, 0.2) is 36.4 Å². The number of benzene rings is 1. The zero-order valence-corrected chi connectivity index (χ0v) is 14.1. The maximum atomic E-state index is 10.00. The Kier molecular flexibility index (Phi) is 7.45. The van der Waals surface area contributed by atoms with Gasteiger partial charge in [0.15, 0.2) is 0 Å². The molecule has 0 bridgehead atoms. The largest absolute Gasteiger partial charge is 0.378 e. The minimum absolute atomic E-state index is 0.510. The molecule has 0 saturated heterocycles. The number of aliphatic hydroxyl groups is 1. The Bertz CT molecular complexity index is 455. The summed E-state index contributed by atoms with van der Waals surface area (Å²) in [5, 5.41) is 10.00. The van der Waals surface area contributed by atoms with Crippen LogP contribution in [0.2, 0.25) is 0 Å². The molecular weight excluding hydrogens is 368 g/mol. The lowest BCUT2D eigenvalue weighted by Gasteiger charge is -2.22. The lowest BCUT2D eigenvalue weighted by molar-refractivity contribution is 0.217. The zero-order valence-electron chi connectivity index (χ0n) is 10.9. The number of rotatable bonds is 5. The van der Waals surface area contributed by atoms with Crippen LogP contribution in [-0.4, -0.2) is 14.4 Å². The van der Waals surface area contributed by atoms with Crippen LogP contribution in [0.5, 0.6) is 0 Å². The molecule has 0 heterocycles. The first kappa shape index (κ1) is 16.5. The van der Waals surface area contributed by atoms with Gasteiger partial charge >= 0.3 is 0 Å². The van der Waals surface area contributed by atoms with E-state index in [1.807, 2.05) is 36.4 Å². The average Bonchev–Trinajstić information content (AvgIpc) is 2.42. The maximum absolute atomic E-state index is 10.00. The van der Waals surface area contributed by atoms with E-state index in [1.165, 1.54) is 0 Å². The Morgan fingerprint density at radius 1 is 1.32 bits per heavy atom. The van der Waals surface area contributed by atoms with Gasteiger partial charge in [-0.2, -0.15) is 0 Å². The smallest absolute Gasteiger partial charge is 0.140 e. The van der Waals surface area contributed by atoms with Gasteiger partial charge in [-0.3, -0.25) is 0 Å². The summed E-state index contributed by atoms with van der Waals surface area (Å²) in [7, 11) is 0. The molecule has 1 atom stereocenters. The Morgan fingerprint density at radius 3 is 2.63 bits per heavy atom. The number of unbranched alkanes of at least 4 members (excludes halogenated alkanes) is 1. The molecule has 1 N–H and O–H groups in total. The maximum Gasteiger partial charge on any atom is 0.140 e. The molecular formula is C16H18Br2O. The summed E-state index contributed by atoms with van der Waals surface area (Å²) in [5.41, 5.74) is 1.10. The number of allylic oxidation sites excluding steroid dienone is 1. The highest BCUT2D eigenvalue weighted by molar-refractivity contribution is 9.25. The van der Waals surface area contributed by atoms with Gasteiger partial charge in [0.25, 0.3) is 0 Å². The summed E-state index contributed by atoms with van der Waals surface area (Å²) in [4.78, 5) is 0. The Morgan fingerprint density at radius 2 is 2.00 bits per heavy atom. The average molecular weight is 386 g/mol. The SMILES string of the molecule is CCCCC(Br)(Br)[C@H](O)C#CC=Cc1ccccc1. The second-order valence-corrected chi connectivity index (χ2v) is 8.19. The van der Waals surface area contributed by atoms with Gasteiger partial charge in [0, 0.05) is 0 Å². The second-order valence-electron chi connectivity index (χ2n) is 4.30. The predicted molar refractivity (Wildman–Crippen MR) is 89.4 cm³/mol. The number of hydrogen-bond donors (Lipinski definition) is 1. The van der Waals surface area contributed by atoms with Crippen molar-refractivity contribution in [2.24, 2.45) is 0 Å². The first-order valence-electron chi connectivity index (χ1n) is 6.35. The van der Waals surface area contributed by atoms with Crippen molar-refractivity contribution in [3.8, 4) is 11.8 Å². The number of halogens is 2. The minimum atomic E-state index is -0.737. The van der Waals surface area contributed by atoms with E-state index in [0.717, 1.165) is 24.8 Å². The van der Waals surface area contributed by atoms with Gasteiger partial charge in [-0.05, 0) is 24.1 Å². The van der Waals surface area contributed by atoms with Crippen molar-refractivity contribution in [2.45, 2.75) is 35.5 Å². The molecule has 0 saturated carbocycles. The molecule has 0 aliphatic heterocycles. The van der Waals surface area contributed by atoms with Crippen molar-refractivity contribution >= 4 is 37.9 Å². The quantitative estimate of drug-likeness (QED) is 0.573. The normalized spacial score (nSPS) is 13.1. The van der Waals surface area contributed by atoms with Gasteiger partial charge in [0.05, 0.1) is 0 Å². The van der Waals surface area contributed by atoms with E-state index in [0.29, 0.717) is 0 Å². The first-order chi connectivity index (χ1) is 9.06. The minimum Gasteiger partial charge on any atom is -0.378 e. The third-order valence-electron chi connectivity index (χ3n) is 2.64. The number of aliphatic hydroxyl groups excluding tert-OH is 1. The van der Waals surface area contributed by atoms with Crippen molar-refractivity contribution < 1.29 is 5.11 Å². The molecule has 0 aromatic heterocycles. The monoisotopic (exact) mass is 384 g/mol. The molecule has 0 unspecified atom stereocenters. The van der Waals surface area contributed by atoms with Crippen LogP contribution in [0, 0.1) is 11.8 Å². The molecule has 1 aromatic rings. The van der Waals surface area contributed by atoms with Crippen LogP contribution in [0.25, 0.3) is 6.08 Å². The highest BCUT2D eigenvalue weighted by Gasteiger charge is 2.30. The number of alkyl halides is 2. The fourth-order valence-electron chi connectivity index (χ4n) is 1.48. The highest BCUT2D eigenvalue weighted by atomic mass is 79.9. The Labute approximate surface area is 132 Å². The van der Waals surface area contributed by atoms with Crippen LogP contribution in [0.3, 0.4) is 0 Å². The topological polar surface area (TPSA) is 20.2 Å². The van der Waals surface area contributed by atoms with Gasteiger partial charge in [0.1, 0.15) is 9.34 Å². The lowest BCUT2D eigenvalue weighted by atomic mass is 10.1. The molecule has 19 heavy (non-hydrogen) atoms. The van der Waals surface area contributed by atoms with Crippen LogP contribution in [0.4, 0.5) is 0 Å². The molecule has 3 heteroatoms. The summed E-state index contributed by atoms with van der Waals surface area (Å²) in [6.07, 6.45) is 5.91. The van der Waals surface area contributed by atoms with E-state index in [4.69, 9.17) is 0 Å². The van der Waals surface area contributed by atoms with Crippen molar-refractivity contribution in [3.05, 3.63) is 42.0 Å². The summed E-state index contributed by atoms with van der Waals surface area (Å²) >= 11 is 6.97. The molecule has 0 spiro atoms. The van der Waals surface area contributed by atoms with E-state index in [2.05, 4.69) is 50.6 Å². The molecule has 0 radical (unpaired) electrons. The van der Waals surface area contributed by atoms with E-state index in [-0.39, 0.29) is 0 Å². The van der Waals surface area contributed by atoms with Gasteiger partial charge in [-0.15, -0.1) is 0 Å². The van der Waals surface area contributed by atoms with Crippen LogP contribution >= 0.6 is 31.9 Å². The van der Waals surface area contributed by atoms with E-state index >= 15 is 0 Å². The molecule has 102 valence electrons. The molecule has 1 aromatic carbocycles. The standard InChI is InChI=1S/C16H18Br2O/c1-2-3-13-16(17,18)15(19)12-8-7-11-14-9-5-4-6-10-14/h4-7,9-11,15,19H,2-3,13H2,1H3/t15-/m1/s1. The van der Waals surface area contributed by atoms with Gasteiger partial charge < -0.3 is 5.11 Å². The van der Waals surface area contributed by atoms with Crippen molar-refractivity contribution in [2.75, 3.05) is 0 Å². The summed E-state index contributed by atoms with van der Waals surface area (Å²) < 4.78 is -0.510. The zero-order chi connectivity index (χ0) is 14.1. The lowest BCUT2D eigenvalue weighted by Crippen LogP contribution is -2.28.